The molecule has 3 aromatic rings. The lowest BCUT2D eigenvalue weighted by Gasteiger charge is -2.03. The number of thioether (sulfide) groups is 1. The number of nitro benzene ring substituents is 2. The first-order valence-electron chi connectivity index (χ1n) is 8.75. The highest BCUT2D eigenvalue weighted by molar-refractivity contribution is 8.04. The number of nitrogens with zero attached hydrogens (tertiary/aromatic N) is 4. The van der Waals surface area contributed by atoms with Crippen molar-refractivity contribution in [2.75, 3.05) is 5.75 Å². The van der Waals surface area contributed by atoms with E-state index >= 15 is 0 Å². The lowest BCUT2D eigenvalue weighted by atomic mass is 10.1. The molecule has 0 saturated carbocycles. The van der Waals surface area contributed by atoms with Gasteiger partial charge in [-0.3, -0.25) is 25.0 Å². The number of rotatable bonds is 5. The van der Waals surface area contributed by atoms with Crippen molar-refractivity contribution in [1.29, 1.82) is 0 Å². The molecule has 156 valence electrons. The van der Waals surface area contributed by atoms with Gasteiger partial charge < -0.3 is 5.32 Å². The molecule has 12 heteroatoms. The summed E-state index contributed by atoms with van der Waals surface area (Å²) in [5.41, 5.74) is 0.558. The second-order valence-electron chi connectivity index (χ2n) is 6.42. The lowest BCUT2D eigenvalue weighted by molar-refractivity contribution is -0.394. The van der Waals surface area contributed by atoms with E-state index in [1.54, 1.807) is 6.08 Å². The average Bonchev–Trinajstić information content (AvgIpc) is 3.34. The Kier molecular flexibility index (Phi) is 5.21. The molecule has 0 aliphatic carbocycles. The standard InChI is InChI=1S/C19H12FN5O5S/c20-13-3-1-11(2-4-13)19-12(7-18-21-17(26)10-31-18)9-23(22-19)15-6-5-14(24(27)28)8-16(15)25(29)30/h1-9H,10H2,(H,21,26)/b18-7+. The van der Waals surface area contributed by atoms with Crippen LogP contribution in [0.4, 0.5) is 15.8 Å². The van der Waals surface area contributed by atoms with Crippen LogP contribution in [0.3, 0.4) is 0 Å². The molecule has 1 aliphatic heterocycles. The number of hydrogen-bond acceptors (Lipinski definition) is 7. The van der Waals surface area contributed by atoms with Crippen molar-refractivity contribution in [3.8, 4) is 16.9 Å². The molecule has 0 spiro atoms. The number of non-ortho nitro benzene ring substituents is 1. The predicted molar refractivity (Wildman–Crippen MR) is 111 cm³/mol. The van der Waals surface area contributed by atoms with E-state index < -0.39 is 27.0 Å². The van der Waals surface area contributed by atoms with E-state index in [0.717, 1.165) is 12.1 Å². The third-order valence-corrected chi connectivity index (χ3v) is 5.32. The van der Waals surface area contributed by atoms with Gasteiger partial charge in [0.15, 0.2) is 0 Å². The Hall–Kier alpha value is -4.06. The van der Waals surface area contributed by atoms with Gasteiger partial charge in [0.25, 0.3) is 5.69 Å². The maximum absolute atomic E-state index is 13.4. The average molecular weight is 441 g/mol. The molecule has 1 aromatic heterocycles. The zero-order valence-electron chi connectivity index (χ0n) is 15.5. The fourth-order valence-corrected chi connectivity index (χ4v) is 3.74. The van der Waals surface area contributed by atoms with Gasteiger partial charge in [-0.05, 0) is 36.4 Å². The fourth-order valence-electron chi connectivity index (χ4n) is 2.99. The number of hydrogen-bond donors (Lipinski definition) is 1. The Labute approximate surface area is 177 Å². The van der Waals surface area contributed by atoms with E-state index in [1.165, 1.54) is 53.0 Å². The van der Waals surface area contributed by atoms with Gasteiger partial charge in [-0.15, -0.1) is 0 Å². The molecule has 0 unspecified atom stereocenters. The molecule has 0 atom stereocenters. The van der Waals surface area contributed by atoms with E-state index in [-0.39, 0.29) is 17.3 Å². The smallest absolute Gasteiger partial charge is 0.301 e. The largest absolute Gasteiger partial charge is 0.320 e. The molecule has 1 N–H and O–H groups in total. The molecular weight excluding hydrogens is 429 g/mol. The maximum atomic E-state index is 13.4. The minimum atomic E-state index is -0.729. The van der Waals surface area contributed by atoms with Crippen LogP contribution in [0, 0.1) is 26.0 Å². The van der Waals surface area contributed by atoms with Crippen LogP contribution in [0.5, 0.6) is 0 Å². The van der Waals surface area contributed by atoms with E-state index in [0.29, 0.717) is 21.8 Å². The second-order valence-corrected chi connectivity index (χ2v) is 7.43. The highest BCUT2D eigenvalue weighted by atomic mass is 32.2. The Balaban J connectivity index is 1.87. The second kappa shape index (κ2) is 7.99. The zero-order valence-corrected chi connectivity index (χ0v) is 16.3. The van der Waals surface area contributed by atoms with Gasteiger partial charge in [0.1, 0.15) is 17.2 Å². The first-order chi connectivity index (χ1) is 14.8. The number of carbonyl (C=O) groups is 1. The molecule has 2 aromatic carbocycles. The van der Waals surface area contributed by atoms with Crippen molar-refractivity contribution in [3.05, 3.63) is 85.3 Å². The highest BCUT2D eigenvalue weighted by Gasteiger charge is 2.23. The molecule has 31 heavy (non-hydrogen) atoms. The minimum absolute atomic E-state index is 0.0201. The normalized spacial score (nSPS) is 14.6. The molecule has 1 amide bonds. The summed E-state index contributed by atoms with van der Waals surface area (Å²) < 4.78 is 14.6. The highest BCUT2D eigenvalue weighted by Crippen LogP contribution is 2.32. The van der Waals surface area contributed by atoms with E-state index in [9.17, 15) is 29.4 Å². The third-order valence-electron chi connectivity index (χ3n) is 4.38. The van der Waals surface area contributed by atoms with Crippen LogP contribution >= 0.6 is 11.8 Å². The van der Waals surface area contributed by atoms with Crippen molar-refractivity contribution in [3.63, 3.8) is 0 Å². The molecule has 0 radical (unpaired) electrons. The Bertz CT molecular complexity index is 1260. The first kappa shape index (κ1) is 20.2. The Morgan fingerprint density at radius 1 is 1.13 bits per heavy atom. The Morgan fingerprint density at radius 2 is 1.87 bits per heavy atom. The van der Waals surface area contributed by atoms with Crippen LogP contribution in [0.15, 0.2) is 53.7 Å². The molecular formula is C19H12FN5O5S. The van der Waals surface area contributed by atoms with E-state index in [2.05, 4.69) is 10.4 Å². The van der Waals surface area contributed by atoms with Gasteiger partial charge in [-0.2, -0.15) is 5.10 Å². The van der Waals surface area contributed by atoms with Crippen molar-refractivity contribution < 1.29 is 19.0 Å². The number of nitro groups is 2. The van der Waals surface area contributed by atoms with Crippen LogP contribution in [0.1, 0.15) is 5.56 Å². The van der Waals surface area contributed by atoms with E-state index in [1.807, 2.05) is 0 Å². The van der Waals surface area contributed by atoms with Gasteiger partial charge in [0.05, 0.1) is 26.7 Å². The number of nitrogens with one attached hydrogen (secondary N) is 1. The van der Waals surface area contributed by atoms with Crippen LogP contribution in [0.25, 0.3) is 23.0 Å². The summed E-state index contributed by atoms with van der Waals surface area (Å²) in [6, 6.07) is 8.77. The molecule has 0 bridgehead atoms. The summed E-state index contributed by atoms with van der Waals surface area (Å²) in [4.78, 5) is 32.6. The maximum Gasteiger partial charge on any atom is 0.301 e. The summed E-state index contributed by atoms with van der Waals surface area (Å²) in [5, 5.41) is 30.2. The molecule has 1 saturated heterocycles. The van der Waals surface area contributed by atoms with Gasteiger partial charge in [-0.25, -0.2) is 9.07 Å². The van der Waals surface area contributed by atoms with Gasteiger partial charge in [-0.1, -0.05) is 11.8 Å². The number of carbonyl (C=O) groups excluding carboxylic acids is 1. The van der Waals surface area contributed by atoms with Gasteiger partial charge in [0, 0.05) is 23.4 Å². The zero-order chi connectivity index (χ0) is 22.1. The molecule has 1 aliphatic rings. The fraction of sp³-hybridized carbons (Fsp3) is 0.0526. The number of benzene rings is 2. The molecule has 4 rings (SSSR count). The van der Waals surface area contributed by atoms with Crippen LogP contribution in [0.2, 0.25) is 0 Å². The Morgan fingerprint density at radius 3 is 2.48 bits per heavy atom. The predicted octanol–water partition coefficient (Wildman–Crippen LogP) is 3.66. The number of halogens is 1. The lowest BCUT2D eigenvalue weighted by Crippen LogP contribution is -2.13. The van der Waals surface area contributed by atoms with E-state index in [4.69, 9.17) is 0 Å². The first-order valence-corrected chi connectivity index (χ1v) is 9.73. The van der Waals surface area contributed by atoms with Crippen LogP contribution < -0.4 is 5.32 Å². The molecule has 10 nitrogen and oxygen atoms in total. The van der Waals surface area contributed by atoms with Crippen LogP contribution in [-0.4, -0.2) is 31.3 Å². The summed E-state index contributed by atoms with van der Waals surface area (Å²) in [5.74, 6) is -0.328. The summed E-state index contributed by atoms with van der Waals surface area (Å²) in [7, 11) is 0. The van der Waals surface area contributed by atoms with Crippen molar-refractivity contribution >= 4 is 35.1 Å². The van der Waals surface area contributed by atoms with Crippen molar-refractivity contribution in [1.82, 2.24) is 15.1 Å². The third kappa shape index (κ3) is 4.14. The number of amides is 1. The van der Waals surface area contributed by atoms with Gasteiger partial charge >= 0.3 is 5.69 Å². The molecule has 2 heterocycles. The van der Waals surface area contributed by atoms with Crippen molar-refractivity contribution in [2.45, 2.75) is 0 Å². The van der Waals surface area contributed by atoms with Crippen molar-refractivity contribution in [2.24, 2.45) is 0 Å². The summed E-state index contributed by atoms with van der Waals surface area (Å²) >= 11 is 1.29. The SMILES string of the molecule is O=C1CS/C(=C/c2cn(-c3ccc([N+](=O)[O-])cc3[N+](=O)[O-])nc2-c2ccc(F)cc2)N1. The summed E-state index contributed by atoms with van der Waals surface area (Å²) in [6.45, 7) is 0. The summed E-state index contributed by atoms with van der Waals surface area (Å²) in [6.07, 6.45) is 3.17. The minimum Gasteiger partial charge on any atom is -0.320 e. The topological polar surface area (TPSA) is 133 Å². The monoisotopic (exact) mass is 441 g/mol. The van der Waals surface area contributed by atoms with Gasteiger partial charge in [0.2, 0.25) is 5.91 Å². The van der Waals surface area contributed by atoms with Crippen LogP contribution in [-0.2, 0) is 4.79 Å². The quantitative estimate of drug-likeness (QED) is 0.472. The molecule has 1 fully saturated rings. The number of aromatic nitrogens is 2.